The predicted octanol–water partition coefficient (Wildman–Crippen LogP) is 2.93. The van der Waals surface area contributed by atoms with Gasteiger partial charge in [0, 0.05) is 0 Å². The molecule has 14 nitrogen and oxygen atoms in total. The zero-order chi connectivity index (χ0) is 29.8. The number of esters is 1. The van der Waals surface area contributed by atoms with Gasteiger partial charge in [0.05, 0.1) is 26.1 Å². The lowest BCUT2D eigenvalue weighted by Gasteiger charge is -2.25. The number of alkyl halides is 1. The summed E-state index contributed by atoms with van der Waals surface area (Å²) >= 11 is 0. The standard InChI is InChI=1S/C25H34FN6O8P/c1-5-12-37-21-18-20(29-24(27)30-21)32(14-28-18)23-25(4,26)19(33)17(39-23)13-38-41(35,31-15(3)22(34)36-6-2)40-16-10-8-7-9-11-16/h7-11,14-15,17,19,23,33H,5-6,12-13H2,1-4H3,(H,31,35)(H2,27,29,30)/t15-,17+,19+,23+,25+,41?/m0/s1. The Morgan fingerprint density at radius 1 is 1.32 bits per heavy atom. The molecule has 1 aliphatic rings. The van der Waals surface area contributed by atoms with E-state index in [9.17, 15) is 14.5 Å². The molecule has 3 aromatic rings. The first-order valence-corrected chi connectivity index (χ1v) is 14.6. The summed E-state index contributed by atoms with van der Waals surface area (Å²) in [6.07, 6.45) is -2.48. The first-order chi connectivity index (χ1) is 19.5. The van der Waals surface area contributed by atoms with Crippen molar-refractivity contribution in [3.05, 3.63) is 36.7 Å². The number of para-hydroxylation sites is 1. The Labute approximate surface area is 235 Å². The van der Waals surface area contributed by atoms with Gasteiger partial charge in [0.2, 0.25) is 11.8 Å². The number of aliphatic hydroxyl groups excluding tert-OH is 1. The molecule has 0 amide bonds. The number of benzene rings is 1. The van der Waals surface area contributed by atoms with E-state index in [1.54, 1.807) is 37.3 Å². The molecule has 0 bridgehead atoms. The highest BCUT2D eigenvalue weighted by molar-refractivity contribution is 7.52. The lowest BCUT2D eigenvalue weighted by molar-refractivity contribution is -0.144. The molecule has 41 heavy (non-hydrogen) atoms. The molecule has 0 aliphatic carbocycles. The Kier molecular flexibility index (Phi) is 9.44. The van der Waals surface area contributed by atoms with Gasteiger partial charge in [0.25, 0.3) is 0 Å². The minimum Gasteiger partial charge on any atom is -0.476 e. The van der Waals surface area contributed by atoms with Crippen molar-refractivity contribution in [3.63, 3.8) is 0 Å². The lowest BCUT2D eigenvalue weighted by Crippen LogP contribution is -2.41. The van der Waals surface area contributed by atoms with Crippen LogP contribution in [0.25, 0.3) is 11.2 Å². The molecule has 4 N–H and O–H groups in total. The van der Waals surface area contributed by atoms with Crippen LogP contribution in [0.5, 0.6) is 11.6 Å². The normalized spacial score (nSPS) is 24.6. The Morgan fingerprint density at radius 3 is 2.73 bits per heavy atom. The Morgan fingerprint density at radius 2 is 2.05 bits per heavy atom. The highest BCUT2D eigenvalue weighted by Crippen LogP contribution is 2.48. The zero-order valence-electron chi connectivity index (χ0n) is 23.1. The number of carbonyl (C=O) groups is 1. The van der Waals surface area contributed by atoms with Crippen LogP contribution >= 0.6 is 7.75 Å². The third-order valence-electron chi connectivity index (χ3n) is 6.19. The summed E-state index contributed by atoms with van der Waals surface area (Å²) in [5.41, 5.74) is 3.85. The number of rotatable bonds is 13. The van der Waals surface area contributed by atoms with Crippen molar-refractivity contribution in [1.82, 2.24) is 24.6 Å². The summed E-state index contributed by atoms with van der Waals surface area (Å²) in [7, 11) is -4.28. The van der Waals surface area contributed by atoms with Crippen LogP contribution in [0.3, 0.4) is 0 Å². The van der Waals surface area contributed by atoms with Crippen molar-refractivity contribution in [2.75, 3.05) is 25.6 Å². The molecule has 0 saturated carbocycles. The predicted molar refractivity (Wildman–Crippen MR) is 145 cm³/mol. The summed E-state index contributed by atoms with van der Waals surface area (Å²) in [6, 6.07) is 7.04. The maximum Gasteiger partial charge on any atom is 0.459 e. The van der Waals surface area contributed by atoms with Crippen molar-refractivity contribution < 1.29 is 42.1 Å². The van der Waals surface area contributed by atoms with E-state index in [1.807, 2.05) is 6.92 Å². The summed E-state index contributed by atoms with van der Waals surface area (Å²) in [4.78, 5) is 24.7. The van der Waals surface area contributed by atoms with Crippen LogP contribution in [0, 0.1) is 0 Å². The van der Waals surface area contributed by atoms with Crippen LogP contribution in [0.4, 0.5) is 10.3 Å². The molecule has 1 fully saturated rings. The quantitative estimate of drug-likeness (QED) is 0.194. The number of halogens is 1. The van der Waals surface area contributed by atoms with Crippen LogP contribution in [0.1, 0.15) is 40.3 Å². The molecule has 0 radical (unpaired) electrons. The SMILES string of the molecule is CCCOc1nc(N)nc2c1ncn2[C@@H]1O[C@H](COP(=O)(N[C@@H](C)C(=O)OCC)Oc2ccccc2)[C@@H](O)[C@@]1(C)F. The van der Waals surface area contributed by atoms with Gasteiger partial charge in [-0.25, -0.2) is 13.9 Å². The summed E-state index contributed by atoms with van der Waals surface area (Å²) < 4.78 is 58.6. The number of ether oxygens (including phenoxy) is 3. The minimum absolute atomic E-state index is 0.111. The van der Waals surface area contributed by atoms with Crippen molar-refractivity contribution in [1.29, 1.82) is 0 Å². The number of fused-ring (bicyclic) bond motifs is 1. The third kappa shape index (κ3) is 6.76. The van der Waals surface area contributed by atoms with Crippen molar-refractivity contribution in [3.8, 4) is 11.6 Å². The first-order valence-electron chi connectivity index (χ1n) is 13.1. The zero-order valence-corrected chi connectivity index (χ0v) is 24.0. The Balaban J connectivity index is 1.56. The first kappa shape index (κ1) is 30.6. The molecule has 1 aliphatic heterocycles. The van der Waals surface area contributed by atoms with Crippen LogP contribution in [0.15, 0.2) is 36.7 Å². The fourth-order valence-electron chi connectivity index (χ4n) is 4.17. The topological polar surface area (TPSA) is 182 Å². The molecular formula is C25H34FN6O8P. The van der Waals surface area contributed by atoms with Gasteiger partial charge in [-0.05, 0) is 39.3 Å². The molecule has 1 saturated heterocycles. The Hall–Kier alpha value is -3.36. The van der Waals surface area contributed by atoms with E-state index in [4.69, 9.17) is 29.0 Å². The van der Waals surface area contributed by atoms with Gasteiger partial charge in [-0.1, -0.05) is 25.1 Å². The van der Waals surface area contributed by atoms with E-state index in [1.165, 1.54) is 17.8 Å². The summed E-state index contributed by atoms with van der Waals surface area (Å²) in [5.74, 6) is -0.487. The van der Waals surface area contributed by atoms with E-state index >= 15 is 4.39 Å². The van der Waals surface area contributed by atoms with E-state index < -0.39 is 50.5 Å². The second-order valence-corrected chi connectivity index (χ2v) is 11.2. The van der Waals surface area contributed by atoms with Crippen molar-refractivity contribution in [2.24, 2.45) is 0 Å². The number of anilines is 1. The maximum atomic E-state index is 16.0. The molecule has 1 unspecified atom stereocenters. The van der Waals surface area contributed by atoms with Gasteiger partial charge in [0.1, 0.15) is 24.0 Å². The van der Waals surface area contributed by atoms with E-state index in [0.29, 0.717) is 13.0 Å². The van der Waals surface area contributed by atoms with Crippen molar-refractivity contribution in [2.45, 2.75) is 64.3 Å². The number of nitrogens with zero attached hydrogens (tertiary/aromatic N) is 4. The van der Waals surface area contributed by atoms with E-state index in [-0.39, 0.29) is 35.3 Å². The monoisotopic (exact) mass is 596 g/mol. The number of aromatic nitrogens is 4. The molecule has 16 heteroatoms. The van der Waals surface area contributed by atoms with E-state index in [2.05, 4.69) is 20.0 Å². The van der Waals surface area contributed by atoms with Gasteiger partial charge in [-0.15, -0.1) is 0 Å². The van der Waals surface area contributed by atoms with Gasteiger partial charge in [-0.2, -0.15) is 15.1 Å². The molecule has 224 valence electrons. The van der Waals surface area contributed by atoms with Crippen LogP contribution < -0.4 is 20.1 Å². The van der Waals surface area contributed by atoms with Gasteiger partial charge >= 0.3 is 13.7 Å². The minimum atomic E-state index is -4.28. The highest BCUT2D eigenvalue weighted by atomic mass is 31.2. The van der Waals surface area contributed by atoms with Gasteiger partial charge in [-0.3, -0.25) is 13.9 Å². The summed E-state index contributed by atoms with van der Waals surface area (Å²) in [6.45, 7) is 6.01. The van der Waals surface area contributed by atoms with Gasteiger partial charge < -0.3 is 29.6 Å². The smallest absolute Gasteiger partial charge is 0.459 e. The maximum absolute atomic E-state index is 16.0. The number of nitrogen functional groups attached to an aromatic ring is 1. The molecular weight excluding hydrogens is 562 g/mol. The number of carbonyl (C=O) groups excluding carboxylic acids is 1. The number of hydrogen-bond donors (Lipinski definition) is 3. The Bertz CT molecular complexity index is 1390. The fraction of sp³-hybridized carbons (Fsp3) is 0.520. The molecule has 6 atom stereocenters. The number of nitrogens with one attached hydrogen (secondary N) is 1. The van der Waals surface area contributed by atoms with Crippen molar-refractivity contribution >= 4 is 30.8 Å². The fourth-order valence-corrected chi connectivity index (χ4v) is 5.67. The molecule has 1 aromatic carbocycles. The van der Waals surface area contributed by atoms with Crippen LogP contribution in [0.2, 0.25) is 0 Å². The van der Waals surface area contributed by atoms with Crippen LogP contribution in [-0.2, 0) is 23.4 Å². The second kappa shape index (κ2) is 12.7. The number of imidazole rings is 1. The van der Waals surface area contributed by atoms with E-state index in [0.717, 1.165) is 6.92 Å². The number of hydrogen-bond acceptors (Lipinski definition) is 12. The average Bonchev–Trinajstić information content (AvgIpc) is 3.44. The number of nitrogens with two attached hydrogens (primary N) is 1. The molecule has 3 heterocycles. The molecule has 0 spiro atoms. The highest BCUT2D eigenvalue weighted by Gasteiger charge is 2.56. The van der Waals surface area contributed by atoms with Crippen LogP contribution in [-0.4, -0.2) is 74.3 Å². The number of aliphatic hydroxyl groups is 1. The second-order valence-electron chi connectivity index (χ2n) is 9.48. The molecule has 2 aromatic heterocycles. The van der Waals surface area contributed by atoms with Gasteiger partial charge in [0.15, 0.2) is 23.1 Å². The largest absolute Gasteiger partial charge is 0.476 e. The lowest BCUT2D eigenvalue weighted by atomic mass is 9.98. The third-order valence-corrected chi connectivity index (χ3v) is 7.83. The molecule has 4 rings (SSSR count). The average molecular weight is 597 g/mol. The summed E-state index contributed by atoms with van der Waals surface area (Å²) in [5, 5.41) is 13.4.